The first-order valence-corrected chi connectivity index (χ1v) is 9.54. The maximum Gasteiger partial charge on any atom is 0.241 e. The zero-order valence-electron chi connectivity index (χ0n) is 14.1. The molecule has 1 heterocycles. The molecule has 0 amide bonds. The molecular formula is C19H20N2O3S. The fourth-order valence-electron chi connectivity index (χ4n) is 2.46. The number of hydrogen-bond acceptors (Lipinski definition) is 4. The van der Waals surface area contributed by atoms with E-state index in [0.717, 1.165) is 11.3 Å². The second-order valence-corrected chi connectivity index (χ2v) is 7.73. The molecule has 0 aliphatic carbocycles. The Bertz CT molecular complexity index is 948. The van der Waals surface area contributed by atoms with Gasteiger partial charge < -0.3 is 4.42 Å². The van der Waals surface area contributed by atoms with Crippen LogP contribution in [0.5, 0.6) is 0 Å². The molecule has 3 rings (SSSR count). The van der Waals surface area contributed by atoms with Crippen molar-refractivity contribution in [2.75, 3.05) is 0 Å². The van der Waals surface area contributed by atoms with Gasteiger partial charge in [-0.1, -0.05) is 62.4 Å². The van der Waals surface area contributed by atoms with Crippen molar-refractivity contribution in [3.63, 3.8) is 0 Å². The average Bonchev–Trinajstić information content (AvgIpc) is 3.10. The molecule has 0 saturated carbocycles. The van der Waals surface area contributed by atoms with Gasteiger partial charge in [0.05, 0.1) is 17.6 Å². The molecule has 0 spiro atoms. The van der Waals surface area contributed by atoms with Crippen LogP contribution in [0, 0.1) is 0 Å². The molecule has 3 aromatic rings. The minimum absolute atomic E-state index is 0.0121. The average molecular weight is 356 g/mol. The van der Waals surface area contributed by atoms with E-state index in [9.17, 15) is 8.42 Å². The molecule has 0 radical (unpaired) electrons. The monoisotopic (exact) mass is 356 g/mol. The summed E-state index contributed by atoms with van der Waals surface area (Å²) in [5, 5.41) is 0. The van der Waals surface area contributed by atoms with Gasteiger partial charge in [0.25, 0.3) is 0 Å². The SMILES string of the molecule is CC(C)c1cnc(CNS(=O)(=O)c2ccccc2-c2ccccc2)o1. The standard InChI is InChI=1S/C19H20N2O3S/c1-14(2)17-12-20-19(24-17)13-21-25(22,23)18-11-7-6-10-16(18)15-8-4-3-5-9-15/h3-12,14,21H,13H2,1-2H3. The smallest absolute Gasteiger partial charge is 0.241 e. The predicted molar refractivity (Wildman–Crippen MR) is 96.5 cm³/mol. The lowest BCUT2D eigenvalue weighted by Gasteiger charge is -2.11. The lowest BCUT2D eigenvalue weighted by molar-refractivity contribution is 0.434. The third-order valence-electron chi connectivity index (χ3n) is 3.82. The van der Waals surface area contributed by atoms with Gasteiger partial charge in [0.1, 0.15) is 5.76 Å². The summed E-state index contributed by atoms with van der Waals surface area (Å²) in [5.74, 6) is 1.29. The molecule has 0 aliphatic rings. The van der Waals surface area contributed by atoms with Crippen LogP contribution < -0.4 is 4.72 Å². The third-order valence-corrected chi connectivity index (χ3v) is 5.27. The lowest BCUT2D eigenvalue weighted by Crippen LogP contribution is -2.24. The van der Waals surface area contributed by atoms with E-state index in [0.29, 0.717) is 11.5 Å². The fraction of sp³-hybridized carbons (Fsp3) is 0.211. The number of rotatable bonds is 6. The van der Waals surface area contributed by atoms with Gasteiger partial charge in [-0.15, -0.1) is 0 Å². The van der Waals surface area contributed by atoms with Crippen molar-refractivity contribution in [1.82, 2.24) is 9.71 Å². The highest BCUT2D eigenvalue weighted by Crippen LogP contribution is 2.27. The molecule has 25 heavy (non-hydrogen) atoms. The Kier molecular flexibility index (Phi) is 5.01. The maximum absolute atomic E-state index is 12.8. The first-order chi connectivity index (χ1) is 12.0. The molecule has 1 aromatic heterocycles. The first kappa shape index (κ1) is 17.4. The number of nitrogens with one attached hydrogen (secondary N) is 1. The Hall–Kier alpha value is -2.44. The summed E-state index contributed by atoms with van der Waals surface area (Å²) in [6.45, 7) is 3.99. The summed E-state index contributed by atoms with van der Waals surface area (Å²) in [6, 6.07) is 16.4. The van der Waals surface area contributed by atoms with Crippen LogP contribution in [-0.2, 0) is 16.6 Å². The molecular weight excluding hydrogens is 336 g/mol. The summed E-state index contributed by atoms with van der Waals surface area (Å²) in [6.07, 6.45) is 1.63. The maximum atomic E-state index is 12.8. The number of aromatic nitrogens is 1. The van der Waals surface area contributed by atoms with Crippen LogP contribution in [-0.4, -0.2) is 13.4 Å². The van der Waals surface area contributed by atoms with Gasteiger partial charge in [-0.2, -0.15) is 0 Å². The number of nitrogens with zero attached hydrogens (tertiary/aromatic N) is 1. The third kappa shape index (κ3) is 3.97. The number of benzene rings is 2. The molecule has 0 atom stereocenters. The first-order valence-electron chi connectivity index (χ1n) is 8.06. The highest BCUT2D eigenvalue weighted by molar-refractivity contribution is 7.89. The van der Waals surface area contributed by atoms with Crippen molar-refractivity contribution < 1.29 is 12.8 Å². The molecule has 6 heteroatoms. The van der Waals surface area contributed by atoms with Crippen molar-refractivity contribution in [2.24, 2.45) is 0 Å². The topological polar surface area (TPSA) is 72.2 Å². The second-order valence-electron chi connectivity index (χ2n) is 6.00. The van der Waals surface area contributed by atoms with Crippen LogP contribution in [0.15, 0.2) is 70.1 Å². The summed E-state index contributed by atoms with van der Waals surface area (Å²) >= 11 is 0. The molecule has 5 nitrogen and oxygen atoms in total. The molecule has 0 saturated heterocycles. The molecule has 0 aliphatic heterocycles. The van der Waals surface area contributed by atoms with Gasteiger partial charge in [-0.25, -0.2) is 18.1 Å². The van der Waals surface area contributed by atoms with Gasteiger partial charge in [-0.05, 0) is 11.6 Å². The molecule has 1 N–H and O–H groups in total. The van der Waals surface area contributed by atoms with E-state index < -0.39 is 10.0 Å². The molecule has 2 aromatic carbocycles. The molecule has 0 fully saturated rings. The van der Waals surface area contributed by atoms with E-state index in [2.05, 4.69) is 9.71 Å². The van der Waals surface area contributed by atoms with Gasteiger partial charge >= 0.3 is 0 Å². The van der Waals surface area contributed by atoms with E-state index in [-0.39, 0.29) is 17.4 Å². The minimum atomic E-state index is -3.70. The van der Waals surface area contributed by atoms with Crippen molar-refractivity contribution >= 4 is 10.0 Å². The van der Waals surface area contributed by atoms with E-state index in [4.69, 9.17) is 4.42 Å². The van der Waals surface area contributed by atoms with Crippen LogP contribution in [0.4, 0.5) is 0 Å². The Morgan fingerprint density at radius 1 is 1.04 bits per heavy atom. The van der Waals surface area contributed by atoms with Gasteiger partial charge in [0.15, 0.2) is 0 Å². The normalized spacial score (nSPS) is 11.8. The lowest BCUT2D eigenvalue weighted by atomic mass is 10.1. The molecule has 0 unspecified atom stereocenters. The summed E-state index contributed by atoms with van der Waals surface area (Å²) in [4.78, 5) is 4.35. The van der Waals surface area contributed by atoms with E-state index in [1.54, 1.807) is 24.4 Å². The quantitative estimate of drug-likeness (QED) is 0.726. The summed E-state index contributed by atoms with van der Waals surface area (Å²) in [5.41, 5.74) is 1.51. The zero-order valence-corrected chi connectivity index (χ0v) is 15.0. The van der Waals surface area contributed by atoms with Gasteiger partial charge in [-0.3, -0.25) is 0 Å². The van der Waals surface area contributed by atoms with Crippen molar-refractivity contribution in [1.29, 1.82) is 0 Å². The van der Waals surface area contributed by atoms with E-state index in [1.165, 1.54) is 0 Å². The predicted octanol–water partition coefficient (Wildman–Crippen LogP) is 3.94. The van der Waals surface area contributed by atoms with Gasteiger partial charge in [0.2, 0.25) is 15.9 Å². The van der Waals surface area contributed by atoms with Crippen LogP contribution in [0.3, 0.4) is 0 Å². The largest absolute Gasteiger partial charge is 0.444 e. The van der Waals surface area contributed by atoms with Crippen molar-refractivity contribution in [3.8, 4) is 11.1 Å². The van der Waals surface area contributed by atoms with Crippen LogP contribution in [0.25, 0.3) is 11.1 Å². The molecule has 0 bridgehead atoms. The Morgan fingerprint density at radius 2 is 1.72 bits per heavy atom. The zero-order chi connectivity index (χ0) is 17.9. The minimum Gasteiger partial charge on any atom is -0.444 e. The Balaban J connectivity index is 1.85. The van der Waals surface area contributed by atoms with E-state index in [1.807, 2.05) is 50.2 Å². The van der Waals surface area contributed by atoms with E-state index >= 15 is 0 Å². The van der Waals surface area contributed by atoms with Crippen molar-refractivity contribution in [2.45, 2.75) is 31.2 Å². The number of sulfonamides is 1. The summed E-state index contributed by atoms with van der Waals surface area (Å²) in [7, 11) is -3.70. The Labute approximate surface area is 147 Å². The van der Waals surface area contributed by atoms with Crippen LogP contribution in [0.2, 0.25) is 0 Å². The second kappa shape index (κ2) is 7.21. The fourth-order valence-corrected chi connectivity index (χ4v) is 3.67. The molecule has 130 valence electrons. The summed E-state index contributed by atoms with van der Waals surface area (Å²) < 4.78 is 33.6. The van der Waals surface area contributed by atoms with Crippen LogP contribution >= 0.6 is 0 Å². The van der Waals surface area contributed by atoms with Gasteiger partial charge in [0, 0.05) is 11.5 Å². The highest BCUT2D eigenvalue weighted by Gasteiger charge is 2.20. The van der Waals surface area contributed by atoms with Crippen LogP contribution in [0.1, 0.15) is 31.4 Å². The number of oxazole rings is 1. The Morgan fingerprint density at radius 3 is 2.40 bits per heavy atom. The highest BCUT2D eigenvalue weighted by atomic mass is 32.2. The number of hydrogen-bond donors (Lipinski definition) is 1. The van der Waals surface area contributed by atoms with Crippen molar-refractivity contribution in [3.05, 3.63) is 72.4 Å².